The van der Waals surface area contributed by atoms with E-state index < -0.39 is 11.9 Å². The third kappa shape index (κ3) is 5.55. The highest BCUT2D eigenvalue weighted by molar-refractivity contribution is 5.85. The Hall–Kier alpha value is -2.44. The highest BCUT2D eigenvalue weighted by atomic mass is 19.1. The van der Waals surface area contributed by atoms with E-state index in [1.807, 2.05) is 0 Å². The second-order valence-electron chi connectivity index (χ2n) is 6.39. The maximum absolute atomic E-state index is 12.9. The highest BCUT2D eigenvalue weighted by Crippen LogP contribution is 2.17. The van der Waals surface area contributed by atoms with Gasteiger partial charge in [-0.1, -0.05) is 12.1 Å². The number of piperidine rings is 1. The summed E-state index contributed by atoms with van der Waals surface area (Å²) < 4.78 is 12.9. The number of halogens is 1. The van der Waals surface area contributed by atoms with Crippen LogP contribution < -0.4 is 0 Å². The van der Waals surface area contributed by atoms with Crippen LogP contribution in [-0.2, 0) is 20.8 Å². The van der Waals surface area contributed by atoms with Gasteiger partial charge in [0.15, 0.2) is 0 Å². The van der Waals surface area contributed by atoms with Gasteiger partial charge in [-0.2, -0.15) is 0 Å². The number of nitrogens with zero attached hydrogens (tertiary/aromatic N) is 2. The van der Waals surface area contributed by atoms with Gasteiger partial charge in [-0.15, -0.1) is 0 Å². The lowest BCUT2D eigenvalue weighted by Gasteiger charge is -2.32. The van der Waals surface area contributed by atoms with Crippen molar-refractivity contribution in [2.45, 2.75) is 25.7 Å². The van der Waals surface area contributed by atoms with Crippen molar-refractivity contribution >= 4 is 17.8 Å². The Balaban J connectivity index is 1.80. The fraction of sp³-hybridized carbons (Fsp3) is 0.500. The van der Waals surface area contributed by atoms with E-state index >= 15 is 0 Å². The van der Waals surface area contributed by atoms with Gasteiger partial charge in [0.05, 0.1) is 12.5 Å². The maximum Gasteiger partial charge on any atom is 0.308 e. The number of aryl methyl sites for hydroxylation is 1. The molecule has 7 heteroatoms. The molecule has 1 aromatic carbocycles. The largest absolute Gasteiger partial charge is 0.481 e. The molecule has 0 aromatic heterocycles. The molecular formula is C18H23FN2O4. The van der Waals surface area contributed by atoms with Gasteiger partial charge in [0.1, 0.15) is 5.82 Å². The number of hydrogen-bond acceptors (Lipinski definition) is 3. The Morgan fingerprint density at radius 1 is 1.28 bits per heavy atom. The number of aliphatic carboxylic acids is 1. The molecular weight excluding hydrogens is 327 g/mol. The zero-order valence-corrected chi connectivity index (χ0v) is 14.3. The van der Waals surface area contributed by atoms with Crippen molar-refractivity contribution in [2.24, 2.45) is 5.92 Å². The fourth-order valence-corrected chi connectivity index (χ4v) is 2.89. The van der Waals surface area contributed by atoms with Gasteiger partial charge >= 0.3 is 5.97 Å². The van der Waals surface area contributed by atoms with Crippen LogP contribution >= 0.6 is 0 Å². The minimum Gasteiger partial charge on any atom is -0.481 e. The fourth-order valence-electron chi connectivity index (χ4n) is 2.89. The van der Waals surface area contributed by atoms with Crippen LogP contribution in [-0.4, -0.2) is 59.4 Å². The summed E-state index contributed by atoms with van der Waals surface area (Å²) in [5.41, 5.74) is 0.856. The molecule has 1 fully saturated rings. The Morgan fingerprint density at radius 3 is 2.60 bits per heavy atom. The van der Waals surface area contributed by atoms with E-state index in [-0.39, 0.29) is 37.1 Å². The summed E-state index contributed by atoms with van der Waals surface area (Å²) in [5.74, 6) is -2.15. The number of amides is 2. The van der Waals surface area contributed by atoms with Crippen LogP contribution in [0.3, 0.4) is 0 Å². The number of likely N-dealkylation sites (N-methyl/N-ethyl adjacent to an activating group) is 1. The van der Waals surface area contributed by atoms with Crippen LogP contribution in [0.1, 0.15) is 24.8 Å². The number of carboxylic acids is 1. The maximum atomic E-state index is 12.9. The van der Waals surface area contributed by atoms with E-state index in [9.17, 15) is 18.8 Å². The molecule has 2 rings (SSSR count). The zero-order valence-electron chi connectivity index (χ0n) is 14.3. The van der Waals surface area contributed by atoms with Gasteiger partial charge in [0.25, 0.3) is 0 Å². The summed E-state index contributed by atoms with van der Waals surface area (Å²) in [5, 5.41) is 9.08. The van der Waals surface area contributed by atoms with Crippen molar-refractivity contribution in [3.8, 4) is 0 Å². The number of carbonyl (C=O) groups is 3. The first-order chi connectivity index (χ1) is 11.9. The Labute approximate surface area is 146 Å². The number of likely N-dealkylation sites (tertiary alicyclic amines) is 1. The van der Waals surface area contributed by atoms with Crippen molar-refractivity contribution in [2.75, 3.05) is 26.7 Å². The lowest BCUT2D eigenvalue weighted by molar-refractivity contribution is -0.147. The summed E-state index contributed by atoms with van der Waals surface area (Å²) in [7, 11) is 1.56. The monoisotopic (exact) mass is 350 g/mol. The lowest BCUT2D eigenvalue weighted by atomic mass is 9.98. The number of rotatable bonds is 6. The van der Waals surface area contributed by atoms with E-state index in [1.54, 1.807) is 19.2 Å². The first-order valence-corrected chi connectivity index (χ1v) is 8.36. The van der Waals surface area contributed by atoms with Crippen LogP contribution in [0.25, 0.3) is 0 Å². The number of carbonyl (C=O) groups excluding carboxylic acids is 2. The average molecular weight is 350 g/mol. The first kappa shape index (κ1) is 18.9. The van der Waals surface area contributed by atoms with Crippen molar-refractivity contribution in [1.29, 1.82) is 0 Å². The molecule has 2 amide bonds. The number of benzene rings is 1. The van der Waals surface area contributed by atoms with E-state index in [0.717, 1.165) is 5.56 Å². The quantitative estimate of drug-likeness (QED) is 0.844. The van der Waals surface area contributed by atoms with Crippen molar-refractivity contribution in [1.82, 2.24) is 9.80 Å². The molecule has 136 valence electrons. The molecule has 25 heavy (non-hydrogen) atoms. The summed E-state index contributed by atoms with van der Waals surface area (Å²) in [6, 6.07) is 5.96. The highest BCUT2D eigenvalue weighted by Gasteiger charge is 2.28. The van der Waals surface area contributed by atoms with Crippen LogP contribution in [0.4, 0.5) is 4.39 Å². The van der Waals surface area contributed by atoms with Gasteiger partial charge < -0.3 is 14.9 Å². The number of carboxylic acid groups (broad SMARTS) is 1. The minimum atomic E-state index is -0.888. The van der Waals surface area contributed by atoms with E-state index in [0.29, 0.717) is 25.8 Å². The summed E-state index contributed by atoms with van der Waals surface area (Å²) in [4.78, 5) is 38.4. The van der Waals surface area contributed by atoms with Crippen LogP contribution in [0.5, 0.6) is 0 Å². The third-order valence-corrected chi connectivity index (χ3v) is 4.46. The van der Waals surface area contributed by atoms with Crippen molar-refractivity contribution < 1.29 is 23.9 Å². The van der Waals surface area contributed by atoms with E-state index in [2.05, 4.69) is 0 Å². The molecule has 0 bridgehead atoms. The molecule has 1 unspecified atom stereocenters. The van der Waals surface area contributed by atoms with E-state index in [1.165, 1.54) is 21.9 Å². The van der Waals surface area contributed by atoms with Crippen LogP contribution in [0.2, 0.25) is 0 Å². The van der Waals surface area contributed by atoms with Gasteiger partial charge in [-0.05, 0) is 37.0 Å². The average Bonchev–Trinajstić information content (AvgIpc) is 2.60. The lowest BCUT2D eigenvalue weighted by Crippen LogP contribution is -2.46. The molecule has 1 aliphatic rings. The number of hydrogen-bond donors (Lipinski definition) is 1. The van der Waals surface area contributed by atoms with Gasteiger partial charge in [0, 0.05) is 26.6 Å². The topological polar surface area (TPSA) is 77.9 Å². The molecule has 0 radical (unpaired) electrons. The SMILES string of the molecule is CN(CC(=O)N1CCCC(C(=O)O)C1)C(=O)CCc1ccc(F)cc1. The first-order valence-electron chi connectivity index (χ1n) is 8.36. The third-order valence-electron chi connectivity index (χ3n) is 4.46. The smallest absolute Gasteiger partial charge is 0.308 e. The predicted molar refractivity (Wildman–Crippen MR) is 89.3 cm³/mol. The predicted octanol–water partition coefficient (Wildman–Crippen LogP) is 1.54. The Bertz CT molecular complexity index is 632. The molecule has 1 heterocycles. The summed E-state index contributed by atoms with van der Waals surface area (Å²) in [6.07, 6.45) is 1.94. The van der Waals surface area contributed by atoms with E-state index in [4.69, 9.17) is 5.11 Å². The summed E-state index contributed by atoms with van der Waals surface area (Å²) in [6.45, 7) is 0.667. The second kappa shape index (κ2) is 8.60. The van der Waals surface area contributed by atoms with Gasteiger partial charge in [-0.3, -0.25) is 14.4 Å². The molecule has 6 nitrogen and oxygen atoms in total. The normalized spacial score (nSPS) is 17.2. The molecule has 1 N–H and O–H groups in total. The molecule has 0 spiro atoms. The Morgan fingerprint density at radius 2 is 1.96 bits per heavy atom. The van der Waals surface area contributed by atoms with Crippen molar-refractivity contribution in [3.63, 3.8) is 0 Å². The zero-order chi connectivity index (χ0) is 18.4. The van der Waals surface area contributed by atoms with Crippen molar-refractivity contribution in [3.05, 3.63) is 35.6 Å². The molecule has 1 aliphatic heterocycles. The molecule has 1 saturated heterocycles. The molecule has 1 atom stereocenters. The molecule has 0 aliphatic carbocycles. The van der Waals surface area contributed by atoms with Crippen LogP contribution in [0.15, 0.2) is 24.3 Å². The molecule has 0 saturated carbocycles. The summed E-state index contributed by atoms with van der Waals surface area (Å²) >= 11 is 0. The minimum absolute atomic E-state index is 0.0609. The van der Waals surface area contributed by atoms with Gasteiger partial charge in [-0.25, -0.2) is 4.39 Å². The van der Waals surface area contributed by atoms with Crippen LogP contribution in [0, 0.1) is 11.7 Å². The molecule has 1 aromatic rings. The second-order valence-corrected chi connectivity index (χ2v) is 6.39. The standard InChI is InChI=1S/C18H23FN2O4/c1-20(16(22)9-6-13-4-7-15(19)8-5-13)12-17(23)21-10-2-3-14(11-21)18(24)25/h4-5,7-8,14H,2-3,6,9-12H2,1H3,(H,24,25). The Kier molecular flexibility index (Phi) is 6.50. The van der Waals surface area contributed by atoms with Gasteiger partial charge in [0.2, 0.25) is 11.8 Å².